The highest BCUT2D eigenvalue weighted by atomic mass is 35.6. The summed E-state index contributed by atoms with van der Waals surface area (Å²) in [7, 11) is 0. The van der Waals surface area contributed by atoms with Crippen molar-refractivity contribution in [2.75, 3.05) is 0 Å². The predicted molar refractivity (Wildman–Crippen MR) is 62.8 cm³/mol. The van der Waals surface area contributed by atoms with Gasteiger partial charge < -0.3 is 0 Å². The maximum Gasteiger partial charge on any atom is 0.232 e. The summed E-state index contributed by atoms with van der Waals surface area (Å²) in [6, 6.07) is 11.2. The first-order valence-electron chi connectivity index (χ1n) is 4.26. The van der Waals surface area contributed by atoms with Crippen molar-refractivity contribution in [3.05, 3.63) is 48.3 Å². The van der Waals surface area contributed by atoms with Gasteiger partial charge in [0.25, 0.3) is 0 Å². The van der Waals surface area contributed by atoms with Crippen LogP contribution in [0.5, 0.6) is 0 Å². The average Bonchev–Trinajstić information content (AvgIpc) is 2.67. The lowest BCUT2D eigenvalue weighted by Gasteiger charge is -2.13. The van der Waals surface area contributed by atoms with Gasteiger partial charge >= 0.3 is 0 Å². The van der Waals surface area contributed by atoms with Gasteiger partial charge in [-0.2, -0.15) is 5.10 Å². The van der Waals surface area contributed by atoms with Crippen LogP contribution in [-0.2, 0) is 3.79 Å². The summed E-state index contributed by atoms with van der Waals surface area (Å²) in [5.41, 5.74) is 1.39. The van der Waals surface area contributed by atoms with Gasteiger partial charge in [0.1, 0.15) is 0 Å². The maximum atomic E-state index is 5.82. The number of nitrogens with zero attached hydrogens (tertiary/aromatic N) is 2. The molecule has 5 heteroatoms. The molecular weight excluding hydrogens is 254 g/mol. The first-order chi connectivity index (χ1) is 7.09. The quantitative estimate of drug-likeness (QED) is 0.716. The molecule has 0 aliphatic heterocycles. The lowest BCUT2D eigenvalue weighted by Crippen LogP contribution is -2.09. The van der Waals surface area contributed by atoms with Crippen LogP contribution in [0, 0.1) is 0 Å². The second-order valence-electron chi connectivity index (χ2n) is 2.96. The minimum atomic E-state index is -1.47. The number of para-hydroxylation sites is 1. The Hall–Kier alpha value is -0.700. The molecule has 2 rings (SSSR count). The van der Waals surface area contributed by atoms with E-state index in [4.69, 9.17) is 34.8 Å². The van der Waals surface area contributed by atoms with Crippen molar-refractivity contribution in [2.45, 2.75) is 3.79 Å². The van der Waals surface area contributed by atoms with Crippen molar-refractivity contribution >= 4 is 34.8 Å². The third kappa shape index (κ3) is 2.28. The Kier molecular flexibility index (Phi) is 2.91. The molecule has 0 radical (unpaired) electrons. The smallest absolute Gasteiger partial charge is 0.232 e. The number of hydrogen-bond donors (Lipinski definition) is 0. The van der Waals surface area contributed by atoms with Gasteiger partial charge in [0.2, 0.25) is 3.79 Å². The van der Waals surface area contributed by atoms with E-state index in [0.717, 1.165) is 5.69 Å². The van der Waals surface area contributed by atoms with Crippen molar-refractivity contribution in [1.29, 1.82) is 0 Å². The van der Waals surface area contributed by atoms with Crippen molar-refractivity contribution in [2.24, 2.45) is 0 Å². The lowest BCUT2D eigenvalue weighted by molar-refractivity contribution is 0.822. The third-order valence-corrected chi connectivity index (χ3v) is 2.51. The molecule has 0 unspecified atom stereocenters. The Balaban J connectivity index is 2.51. The van der Waals surface area contributed by atoms with Crippen LogP contribution in [0.25, 0.3) is 5.69 Å². The molecule has 0 spiro atoms. The summed E-state index contributed by atoms with van der Waals surface area (Å²) in [5, 5.41) is 4.12. The molecule has 0 saturated heterocycles. The molecule has 0 N–H and O–H groups in total. The zero-order valence-corrected chi connectivity index (χ0v) is 9.84. The summed E-state index contributed by atoms with van der Waals surface area (Å²) in [6.07, 6.45) is 1.60. The molecule has 1 aromatic heterocycles. The van der Waals surface area contributed by atoms with Gasteiger partial charge in [-0.05, 0) is 18.2 Å². The molecule has 0 aliphatic rings. The van der Waals surface area contributed by atoms with Gasteiger partial charge in [-0.3, -0.25) is 0 Å². The molecule has 0 saturated carbocycles. The van der Waals surface area contributed by atoms with E-state index in [9.17, 15) is 0 Å². The van der Waals surface area contributed by atoms with Gasteiger partial charge in [-0.25, -0.2) is 4.68 Å². The number of alkyl halides is 3. The van der Waals surface area contributed by atoms with E-state index in [1.807, 2.05) is 30.3 Å². The SMILES string of the molecule is ClC(Cl)(Cl)c1ccnn1-c1ccccc1. The van der Waals surface area contributed by atoms with Crippen LogP contribution in [0.15, 0.2) is 42.6 Å². The fraction of sp³-hybridized carbons (Fsp3) is 0.100. The minimum Gasteiger partial charge on any atom is -0.233 e. The first kappa shape index (κ1) is 10.8. The molecular formula is C10H7Cl3N2. The Labute approximate surface area is 102 Å². The van der Waals surface area contributed by atoms with Crippen LogP contribution in [0.4, 0.5) is 0 Å². The molecule has 0 aliphatic carbocycles. The number of halogens is 3. The van der Waals surface area contributed by atoms with Gasteiger partial charge in [0, 0.05) is 6.20 Å². The standard InChI is InChI=1S/C10H7Cl3N2/c11-10(12,13)9-6-7-14-15(9)8-4-2-1-3-5-8/h1-7H. The molecule has 0 bridgehead atoms. The molecule has 78 valence electrons. The number of rotatable bonds is 1. The van der Waals surface area contributed by atoms with Crippen LogP contribution in [0.3, 0.4) is 0 Å². The van der Waals surface area contributed by atoms with Gasteiger partial charge in [0.15, 0.2) is 0 Å². The van der Waals surface area contributed by atoms with Crippen molar-refractivity contribution in [3.63, 3.8) is 0 Å². The van der Waals surface area contributed by atoms with Crippen LogP contribution in [0.2, 0.25) is 0 Å². The maximum absolute atomic E-state index is 5.82. The fourth-order valence-corrected chi connectivity index (χ4v) is 1.72. The van der Waals surface area contributed by atoms with Gasteiger partial charge in [-0.1, -0.05) is 53.0 Å². The highest BCUT2D eigenvalue weighted by molar-refractivity contribution is 6.66. The topological polar surface area (TPSA) is 17.8 Å². The highest BCUT2D eigenvalue weighted by Crippen LogP contribution is 2.38. The molecule has 15 heavy (non-hydrogen) atoms. The molecule has 0 fully saturated rings. The summed E-state index contributed by atoms with van der Waals surface area (Å²) in [4.78, 5) is 0. The summed E-state index contributed by atoms with van der Waals surface area (Å²) < 4.78 is 0.138. The number of hydrogen-bond acceptors (Lipinski definition) is 1. The van der Waals surface area contributed by atoms with Crippen molar-refractivity contribution < 1.29 is 0 Å². The molecule has 1 heterocycles. The molecule has 2 nitrogen and oxygen atoms in total. The monoisotopic (exact) mass is 260 g/mol. The van der Waals surface area contributed by atoms with E-state index < -0.39 is 3.79 Å². The first-order valence-corrected chi connectivity index (χ1v) is 5.39. The predicted octanol–water partition coefficient (Wildman–Crippen LogP) is 3.70. The Morgan fingerprint density at radius 2 is 1.67 bits per heavy atom. The summed E-state index contributed by atoms with van der Waals surface area (Å²) in [5.74, 6) is 0. The molecule has 0 amide bonds. The van der Waals surface area contributed by atoms with E-state index >= 15 is 0 Å². The summed E-state index contributed by atoms with van der Waals surface area (Å²) >= 11 is 17.5. The zero-order chi connectivity index (χ0) is 10.9. The second-order valence-corrected chi connectivity index (χ2v) is 5.24. The van der Waals surface area contributed by atoms with Crippen LogP contribution < -0.4 is 0 Å². The highest BCUT2D eigenvalue weighted by Gasteiger charge is 2.27. The average molecular weight is 262 g/mol. The molecule has 0 atom stereocenters. The lowest BCUT2D eigenvalue weighted by atomic mass is 10.3. The normalized spacial score (nSPS) is 11.7. The van der Waals surface area contributed by atoms with E-state index in [0.29, 0.717) is 5.69 Å². The fourth-order valence-electron chi connectivity index (χ4n) is 1.29. The number of aromatic nitrogens is 2. The third-order valence-electron chi connectivity index (χ3n) is 1.93. The van der Waals surface area contributed by atoms with E-state index in [1.165, 1.54) is 0 Å². The zero-order valence-electron chi connectivity index (χ0n) is 7.57. The van der Waals surface area contributed by atoms with Gasteiger partial charge in [-0.15, -0.1) is 0 Å². The summed E-state index contributed by atoms with van der Waals surface area (Å²) in [6.45, 7) is 0. The Bertz CT molecular complexity index is 445. The largest absolute Gasteiger partial charge is 0.233 e. The Morgan fingerprint density at radius 3 is 2.27 bits per heavy atom. The van der Waals surface area contributed by atoms with Crippen LogP contribution >= 0.6 is 34.8 Å². The van der Waals surface area contributed by atoms with Crippen LogP contribution in [0.1, 0.15) is 5.69 Å². The molecule has 2 aromatic rings. The van der Waals surface area contributed by atoms with Gasteiger partial charge in [0.05, 0.1) is 11.4 Å². The van der Waals surface area contributed by atoms with Crippen molar-refractivity contribution in [3.8, 4) is 5.69 Å². The van der Waals surface area contributed by atoms with E-state index in [2.05, 4.69) is 5.10 Å². The van der Waals surface area contributed by atoms with Crippen molar-refractivity contribution in [1.82, 2.24) is 9.78 Å². The second kappa shape index (κ2) is 4.05. The van der Waals surface area contributed by atoms with Crippen LogP contribution in [-0.4, -0.2) is 9.78 Å². The Morgan fingerprint density at radius 1 is 1.00 bits per heavy atom. The molecule has 1 aromatic carbocycles. The van der Waals surface area contributed by atoms with E-state index in [-0.39, 0.29) is 0 Å². The number of benzene rings is 1. The minimum absolute atomic E-state index is 0.527. The van der Waals surface area contributed by atoms with E-state index in [1.54, 1.807) is 16.9 Å².